The minimum absolute atomic E-state index is 0.120. The molecule has 168 valence electrons. The minimum atomic E-state index is -0.120. The molecule has 1 aliphatic rings. The summed E-state index contributed by atoms with van der Waals surface area (Å²) in [5.41, 5.74) is 6.43. The van der Waals surface area contributed by atoms with Crippen LogP contribution in [-0.2, 0) is 17.7 Å². The van der Waals surface area contributed by atoms with Crippen LogP contribution in [0.3, 0.4) is 0 Å². The molecule has 0 saturated carbocycles. The molecule has 0 unspecified atom stereocenters. The molecule has 0 spiro atoms. The van der Waals surface area contributed by atoms with E-state index in [4.69, 9.17) is 9.72 Å². The van der Waals surface area contributed by atoms with Gasteiger partial charge in [0.1, 0.15) is 11.3 Å². The van der Waals surface area contributed by atoms with Crippen molar-refractivity contribution in [2.24, 2.45) is 0 Å². The van der Waals surface area contributed by atoms with E-state index in [1.165, 1.54) is 5.69 Å². The number of rotatable bonds is 6. The fourth-order valence-corrected chi connectivity index (χ4v) is 4.21. The lowest BCUT2D eigenvalue weighted by molar-refractivity contribution is 0.0944. The predicted octanol–water partition coefficient (Wildman–Crippen LogP) is 3.73. The number of imidazole rings is 1. The van der Waals surface area contributed by atoms with Crippen molar-refractivity contribution in [3.63, 3.8) is 0 Å². The maximum absolute atomic E-state index is 13.1. The highest BCUT2D eigenvalue weighted by Crippen LogP contribution is 2.22. The van der Waals surface area contributed by atoms with Crippen LogP contribution < -0.4 is 10.2 Å². The molecule has 7 nitrogen and oxygen atoms in total. The Morgan fingerprint density at radius 2 is 1.91 bits per heavy atom. The molecule has 0 bridgehead atoms. The maximum Gasteiger partial charge on any atom is 0.270 e. The SMILES string of the molecule is CCc1nc2cc(-c3cccnc3)ccn2c1C(=O)NCc1ccc(N2CCOCC2)cc1. The Bertz CT molecular complexity index is 1250. The van der Waals surface area contributed by atoms with Gasteiger partial charge in [0.05, 0.1) is 18.9 Å². The zero-order chi connectivity index (χ0) is 22.6. The molecule has 7 heteroatoms. The molecule has 1 aromatic carbocycles. The van der Waals surface area contributed by atoms with E-state index < -0.39 is 0 Å². The van der Waals surface area contributed by atoms with Gasteiger partial charge in [-0.15, -0.1) is 0 Å². The van der Waals surface area contributed by atoms with E-state index >= 15 is 0 Å². The zero-order valence-electron chi connectivity index (χ0n) is 18.7. The molecule has 1 fully saturated rings. The fourth-order valence-electron chi connectivity index (χ4n) is 4.21. The highest BCUT2D eigenvalue weighted by atomic mass is 16.5. The molecule has 33 heavy (non-hydrogen) atoms. The van der Waals surface area contributed by atoms with Crippen LogP contribution in [0.4, 0.5) is 5.69 Å². The quantitative estimate of drug-likeness (QED) is 0.494. The standard InChI is InChI=1S/C26H27N5O2/c1-2-23-25(31-11-9-20(16-24(31)29-23)21-4-3-10-27-18-21)26(32)28-17-19-5-7-22(8-6-19)30-12-14-33-15-13-30/h3-11,16,18H,2,12-15,17H2,1H3,(H,28,32). The van der Waals surface area contributed by atoms with Crippen molar-refractivity contribution in [2.75, 3.05) is 31.2 Å². The van der Waals surface area contributed by atoms with E-state index in [1.54, 1.807) is 6.20 Å². The van der Waals surface area contributed by atoms with Gasteiger partial charge >= 0.3 is 0 Å². The number of anilines is 1. The first kappa shape index (κ1) is 21.2. The number of carbonyl (C=O) groups is 1. The van der Waals surface area contributed by atoms with Gasteiger partial charge < -0.3 is 15.0 Å². The Morgan fingerprint density at radius 3 is 2.64 bits per heavy atom. The molecule has 4 heterocycles. The highest BCUT2D eigenvalue weighted by Gasteiger charge is 2.19. The predicted molar refractivity (Wildman–Crippen MR) is 128 cm³/mol. The molecule has 4 aromatic rings. The number of hydrogen-bond donors (Lipinski definition) is 1. The van der Waals surface area contributed by atoms with E-state index in [0.29, 0.717) is 18.7 Å². The minimum Gasteiger partial charge on any atom is -0.378 e. The van der Waals surface area contributed by atoms with Gasteiger partial charge in [-0.2, -0.15) is 0 Å². The van der Waals surface area contributed by atoms with E-state index in [2.05, 4.69) is 39.5 Å². The molecule has 5 rings (SSSR count). The van der Waals surface area contributed by atoms with Crippen LogP contribution >= 0.6 is 0 Å². The largest absolute Gasteiger partial charge is 0.378 e. The monoisotopic (exact) mass is 441 g/mol. The summed E-state index contributed by atoms with van der Waals surface area (Å²) in [6.07, 6.45) is 6.18. The van der Waals surface area contributed by atoms with E-state index in [0.717, 1.165) is 54.3 Å². The lowest BCUT2D eigenvalue weighted by Crippen LogP contribution is -2.36. The van der Waals surface area contributed by atoms with Crippen molar-refractivity contribution in [3.8, 4) is 11.1 Å². The van der Waals surface area contributed by atoms with E-state index in [9.17, 15) is 4.79 Å². The van der Waals surface area contributed by atoms with Gasteiger partial charge in [0.25, 0.3) is 5.91 Å². The topological polar surface area (TPSA) is 71.8 Å². The third-order valence-corrected chi connectivity index (χ3v) is 6.01. The lowest BCUT2D eigenvalue weighted by Gasteiger charge is -2.28. The summed E-state index contributed by atoms with van der Waals surface area (Å²) in [6.45, 7) is 5.83. The third kappa shape index (κ3) is 4.45. The second kappa shape index (κ2) is 9.42. The number of carbonyl (C=O) groups excluding carboxylic acids is 1. The van der Waals surface area contributed by atoms with Gasteiger partial charge in [0.2, 0.25) is 0 Å². The van der Waals surface area contributed by atoms with Crippen molar-refractivity contribution in [1.29, 1.82) is 0 Å². The van der Waals surface area contributed by atoms with Crippen molar-refractivity contribution in [1.82, 2.24) is 19.7 Å². The number of morpholine rings is 1. The Hall–Kier alpha value is -3.71. The second-order valence-electron chi connectivity index (χ2n) is 8.09. The van der Waals surface area contributed by atoms with Crippen molar-refractivity contribution >= 4 is 17.2 Å². The molecular formula is C26H27N5O2. The number of amides is 1. The van der Waals surface area contributed by atoms with E-state index in [-0.39, 0.29) is 5.91 Å². The fraction of sp³-hybridized carbons (Fsp3) is 0.269. The zero-order valence-corrected chi connectivity index (χ0v) is 18.7. The summed E-state index contributed by atoms with van der Waals surface area (Å²) in [5, 5.41) is 3.07. The number of hydrogen-bond acceptors (Lipinski definition) is 5. The number of aromatic nitrogens is 3. The van der Waals surface area contributed by atoms with Crippen molar-refractivity contribution < 1.29 is 9.53 Å². The summed E-state index contributed by atoms with van der Waals surface area (Å²) >= 11 is 0. The highest BCUT2D eigenvalue weighted by molar-refractivity contribution is 5.95. The first-order chi connectivity index (χ1) is 16.2. The Kier molecular flexibility index (Phi) is 6.04. The van der Waals surface area contributed by atoms with Crippen LogP contribution in [0, 0.1) is 0 Å². The van der Waals surface area contributed by atoms with Gasteiger partial charge in [-0.05, 0) is 47.9 Å². The number of nitrogens with zero attached hydrogens (tertiary/aromatic N) is 4. The summed E-state index contributed by atoms with van der Waals surface area (Å²) in [7, 11) is 0. The van der Waals surface area contributed by atoms with Gasteiger partial charge in [-0.3, -0.25) is 14.2 Å². The number of ether oxygens (including phenoxy) is 1. The van der Waals surface area contributed by atoms with Crippen LogP contribution in [0.15, 0.2) is 67.1 Å². The first-order valence-corrected chi connectivity index (χ1v) is 11.3. The van der Waals surface area contributed by atoms with Gasteiger partial charge in [0, 0.05) is 49.5 Å². The van der Waals surface area contributed by atoms with Gasteiger partial charge in [-0.25, -0.2) is 4.98 Å². The summed E-state index contributed by atoms with van der Waals surface area (Å²) in [5.74, 6) is -0.120. The summed E-state index contributed by atoms with van der Waals surface area (Å²) in [6, 6.07) is 16.3. The van der Waals surface area contributed by atoms with Crippen LogP contribution in [0.2, 0.25) is 0 Å². The number of benzene rings is 1. The lowest BCUT2D eigenvalue weighted by atomic mass is 10.1. The second-order valence-corrected chi connectivity index (χ2v) is 8.09. The number of aryl methyl sites for hydroxylation is 1. The van der Waals surface area contributed by atoms with Crippen LogP contribution in [0.1, 0.15) is 28.7 Å². The molecule has 0 radical (unpaired) electrons. The molecule has 3 aromatic heterocycles. The maximum atomic E-state index is 13.1. The van der Waals surface area contributed by atoms with Crippen LogP contribution in [-0.4, -0.2) is 46.6 Å². The Balaban J connectivity index is 1.32. The molecule has 0 atom stereocenters. The Labute approximate surface area is 193 Å². The summed E-state index contributed by atoms with van der Waals surface area (Å²) < 4.78 is 7.30. The summed E-state index contributed by atoms with van der Waals surface area (Å²) in [4.78, 5) is 24.4. The smallest absolute Gasteiger partial charge is 0.270 e. The van der Waals surface area contributed by atoms with Crippen molar-refractivity contribution in [3.05, 3.63) is 84.1 Å². The number of pyridine rings is 2. The molecule has 1 aliphatic heterocycles. The molecule has 1 N–H and O–H groups in total. The number of fused-ring (bicyclic) bond motifs is 1. The average molecular weight is 442 g/mol. The molecule has 1 amide bonds. The molecule has 0 aliphatic carbocycles. The van der Waals surface area contributed by atoms with Crippen molar-refractivity contribution in [2.45, 2.75) is 19.9 Å². The Morgan fingerprint density at radius 1 is 1.09 bits per heavy atom. The van der Waals surface area contributed by atoms with Gasteiger partial charge in [-0.1, -0.05) is 25.1 Å². The third-order valence-electron chi connectivity index (χ3n) is 6.01. The first-order valence-electron chi connectivity index (χ1n) is 11.3. The van der Waals surface area contributed by atoms with Crippen LogP contribution in [0.25, 0.3) is 16.8 Å². The van der Waals surface area contributed by atoms with E-state index in [1.807, 2.05) is 48.0 Å². The molecule has 1 saturated heterocycles. The van der Waals surface area contributed by atoms with Crippen LogP contribution in [0.5, 0.6) is 0 Å². The van der Waals surface area contributed by atoms with Gasteiger partial charge in [0.15, 0.2) is 0 Å². The average Bonchev–Trinajstić information content (AvgIpc) is 3.26. The molecular weight excluding hydrogens is 414 g/mol. The normalized spacial score (nSPS) is 13.9. The number of nitrogens with one attached hydrogen (secondary N) is 1.